The van der Waals surface area contributed by atoms with E-state index in [1.165, 1.54) is 6.42 Å². The summed E-state index contributed by atoms with van der Waals surface area (Å²) in [5, 5.41) is 13.9. The molecule has 1 aliphatic carbocycles. The Morgan fingerprint density at radius 2 is 2.06 bits per heavy atom. The van der Waals surface area contributed by atoms with E-state index in [-0.39, 0.29) is 12.1 Å². The number of rotatable bonds is 2. The van der Waals surface area contributed by atoms with E-state index in [2.05, 4.69) is 21.2 Å². The van der Waals surface area contributed by atoms with Gasteiger partial charge in [0, 0.05) is 10.2 Å². The van der Waals surface area contributed by atoms with E-state index in [0.717, 1.165) is 29.4 Å². The third-order valence-corrected chi connectivity index (χ3v) is 4.22. The van der Waals surface area contributed by atoms with E-state index in [9.17, 15) is 5.11 Å². The molecule has 0 amide bonds. The number of halogens is 2. The minimum atomic E-state index is -0.233. The van der Waals surface area contributed by atoms with Crippen LogP contribution in [0.15, 0.2) is 22.7 Å². The summed E-state index contributed by atoms with van der Waals surface area (Å²) in [6, 6.07) is 5.91. The molecule has 2 unspecified atom stereocenters. The predicted molar refractivity (Wildman–Crippen MR) is 71.0 cm³/mol. The molecule has 0 heterocycles. The lowest BCUT2D eigenvalue weighted by Gasteiger charge is -2.29. The summed E-state index contributed by atoms with van der Waals surface area (Å²) in [5.41, 5.74) is 1.00. The summed E-state index contributed by atoms with van der Waals surface area (Å²) >= 11 is 9.32. The summed E-state index contributed by atoms with van der Waals surface area (Å²) in [5.74, 6) is 0. The molecule has 2 rings (SSSR count). The van der Waals surface area contributed by atoms with Crippen LogP contribution in [0.1, 0.15) is 25.7 Å². The molecule has 2 nitrogen and oxygen atoms in total. The molecule has 0 aliphatic heterocycles. The Kier molecular flexibility index (Phi) is 4.11. The SMILES string of the molecule is OC1CCCCC1Nc1ccc(Cl)c(Br)c1. The highest BCUT2D eigenvalue weighted by Gasteiger charge is 2.22. The molecule has 0 saturated heterocycles. The fourth-order valence-corrected chi connectivity index (χ4v) is 2.58. The molecule has 16 heavy (non-hydrogen) atoms. The lowest BCUT2D eigenvalue weighted by Crippen LogP contribution is -2.36. The predicted octanol–water partition coefficient (Wildman–Crippen LogP) is 3.82. The highest BCUT2D eigenvalue weighted by molar-refractivity contribution is 9.10. The lowest BCUT2D eigenvalue weighted by atomic mass is 9.92. The van der Waals surface area contributed by atoms with Crippen molar-refractivity contribution in [1.82, 2.24) is 0 Å². The van der Waals surface area contributed by atoms with Crippen molar-refractivity contribution in [2.24, 2.45) is 0 Å². The van der Waals surface area contributed by atoms with Gasteiger partial charge in [0.1, 0.15) is 0 Å². The zero-order chi connectivity index (χ0) is 11.5. The van der Waals surface area contributed by atoms with E-state index in [0.29, 0.717) is 5.02 Å². The first-order chi connectivity index (χ1) is 7.66. The first-order valence-corrected chi connectivity index (χ1v) is 6.73. The van der Waals surface area contributed by atoms with Gasteiger partial charge >= 0.3 is 0 Å². The molecular weight excluding hydrogens is 289 g/mol. The largest absolute Gasteiger partial charge is 0.391 e. The Morgan fingerprint density at radius 3 is 2.75 bits per heavy atom. The Labute approximate surface area is 109 Å². The van der Waals surface area contributed by atoms with Crippen molar-refractivity contribution in [3.8, 4) is 0 Å². The number of anilines is 1. The topological polar surface area (TPSA) is 32.3 Å². The summed E-state index contributed by atoms with van der Waals surface area (Å²) in [6.07, 6.45) is 4.00. The van der Waals surface area contributed by atoms with Crippen molar-refractivity contribution in [2.45, 2.75) is 37.8 Å². The maximum atomic E-state index is 9.85. The van der Waals surface area contributed by atoms with Gasteiger partial charge in [0.2, 0.25) is 0 Å². The zero-order valence-corrected chi connectivity index (χ0v) is 11.3. The quantitative estimate of drug-likeness (QED) is 0.870. The van der Waals surface area contributed by atoms with Gasteiger partial charge in [-0.15, -0.1) is 0 Å². The van der Waals surface area contributed by atoms with Crippen LogP contribution in [0.2, 0.25) is 5.02 Å². The molecule has 1 aliphatic rings. The maximum absolute atomic E-state index is 9.85. The third kappa shape index (κ3) is 2.90. The third-order valence-electron chi connectivity index (χ3n) is 3.00. The van der Waals surface area contributed by atoms with Crippen LogP contribution >= 0.6 is 27.5 Å². The van der Waals surface area contributed by atoms with Gasteiger partial charge < -0.3 is 10.4 Å². The fourth-order valence-electron chi connectivity index (χ4n) is 2.08. The van der Waals surface area contributed by atoms with Gasteiger partial charge in [-0.1, -0.05) is 24.4 Å². The molecule has 0 aromatic heterocycles. The molecule has 4 heteroatoms. The van der Waals surface area contributed by atoms with Gasteiger partial charge in [0.25, 0.3) is 0 Å². The molecule has 0 radical (unpaired) electrons. The van der Waals surface area contributed by atoms with Crippen LogP contribution in [-0.4, -0.2) is 17.3 Å². The van der Waals surface area contributed by atoms with Crippen molar-refractivity contribution >= 4 is 33.2 Å². The molecule has 1 fully saturated rings. The summed E-state index contributed by atoms with van der Waals surface area (Å²) in [4.78, 5) is 0. The normalized spacial score (nSPS) is 25.4. The minimum absolute atomic E-state index is 0.168. The van der Waals surface area contributed by atoms with Crippen LogP contribution in [0.3, 0.4) is 0 Å². The minimum Gasteiger partial charge on any atom is -0.391 e. The van der Waals surface area contributed by atoms with Crippen molar-refractivity contribution in [3.63, 3.8) is 0 Å². The second-order valence-corrected chi connectivity index (χ2v) is 5.49. The van der Waals surface area contributed by atoms with Crippen molar-refractivity contribution < 1.29 is 5.11 Å². The second kappa shape index (κ2) is 5.39. The van der Waals surface area contributed by atoms with Gasteiger partial charge in [-0.05, 0) is 47.0 Å². The van der Waals surface area contributed by atoms with E-state index in [4.69, 9.17) is 11.6 Å². The molecule has 2 N–H and O–H groups in total. The highest BCUT2D eigenvalue weighted by Crippen LogP contribution is 2.28. The van der Waals surface area contributed by atoms with Crippen molar-refractivity contribution in [1.29, 1.82) is 0 Å². The summed E-state index contributed by atoms with van der Waals surface area (Å²) in [7, 11) is 0. The van der Waals surface area contributed by atoms with E-state index in [1.807, 2.05) is 18.2 Å². The molecule has 2 atom stereocenters. The molecule has 0 bridgehead atoms. The van der Waals surface area contributed by atoms with Gasteiger partial charge in [0.05, 0.1) is 17.2 Å². The molecular formula is C12H15BrClNO. The van der Waals surface area contributed by atoms with Crippen molar-refractivity contribution in [2.75, 3.05) is 5.32 Å². The van der Waals surface area contributed by atoms with Crippen LogP contribution in [0.25, 0.3) is 0 Å². The van der Waals surface area contributed by atoms with Gasteiger partial charge in [-0.25, -0.2) is 0 Å². The van der Waals surface area contributed by atoms with E-state index < -0.39 is 0 Å². The van der Waals surface area contributed by atoms with Gasteiger partial charge in [-0.3, -0.25) is 0 Å². The lowest BCUT2D eigenvalue weighted by molar-refractivity contribution is 0.116. The average Bonchev–Trinajstić information content (AvgIpc) is 2.27. The number of hydrogen-bond acceptors (Lipinski definition) is 2. The Bertz CT molecular complexity index is 372. The number of aliphatic hydroxyl groups excluding tert-OH is 1. The average molecular weight is 305 g/mol. The first-order valence-electron chi connectivity index (χ1n) is 5.56. The van der Waals surface area contributed by atoms with Gasteiger partial charge in [-0.2, -0.15) is 0 Å². The van der Waals surface area contributed by atoms with Crippen LogP contribution in [0, 0.1) is 0 Å². The van der Waals surface area contributed by atoms with E-state index in [1.54, 1.807) is 0 Å². The Balaban J connectivity index is 2.05. The van der Waals surface area contributed by atoms with Crippen molar-refractivity contribution in [3.05, 3.63) is 27.7 Å². The fraction of sp³-hybridized carbons (Fsp3) is 0.500. The number of aliphatic hydroxyl groups is 1. The second-order valence-electron chi connectivity index (χ2n) is 4.23. The standard InChI is InChI=1S/C12H15BrClNO/c13-9-7-8(5-6-10(9)14)15-11-3-1-2-4-12(11)16/h5-7,11-12,15-16H,1-4H2. The Morgan fingerprint density at radius 1 is 1.31 bits per heavy atom. The highest BCUT2D eigenvalue weighted by atomic mass is 79.9. The smallest absolute Gasteiger partial charge is 0.0741 e. The van der Waals surface area contributed by atoms with E-state index >= 15 is 0 Å². The number of benzene rings is 1. The maximum Gasteiger partial charge on any atom is 0.0741 e. The summed E-state index contributed by atoms with van der Waals surface area (Å²) in [6.45, 7) is 0. The van der Waals surface area contributed by atoms with Gasteiger partial charge in [0.15, 0.2) is 0 Å². The molecule has 1 aromatic carbocycles. The molecule has 88 valence electrons. The van der Waals surface area contributed by atoms with Crippen LogP contribution in [0.5, 0.6) is 0 Å². The summed E-state index contributed by atoms with van der Waals surface area (Å²) < 4.78 is 0.879. The zero-order valence-electron chi connectivity index (χ0n) is 8.92. The molecule has 1 aromatic rings. The molecule has 1 saturated carbocycles. The number of hydrogen-bond donors (Lipinski definition) is 2. The van der Waals surface area contributed by atoms with Crippen LogP contribution in [0.4, 0.5) is 5.69 Å². The van der Waals surface area contributed by atoms with Crippen LogP contribution in [-0.2, 0) is 0 Å². The first kappa shape index (κ1) is 12.2. The Hall–Kier alpha value is -0.250. The number of nitrogens with one attached hydrogen (secondary N) is 1. The molecule has 0 spiro atoms. The monoisotopic (exact) mass is 303 g/mol. The van der Waals surface area contributed by atoms with Crippen LogP contribution < -0.4 is 5.32 Å².